The summed E-state index contributed by atoms with van der Waals surface area (Å²) in [6, 6.07) is 14.1. The second-order valence-corrected chi connectivity index (χ2v) is 9.40. The summed E-state index contributed by atoms with van der Waals surface area (Å²) >= 11 is 1.48. The number of fused-ring (bicyclic) bond motifs is 1. The third-order valence-electron chi connectivity index (χ3n) is 4.64. The van der Waals surface area contributed by atoms with E-state index in [1.54, 1.807) is 12.1 Å². The van der Waals surface area contributed by atoms with Crippen LogP contribution in [0, 0.1) is 0 Å². The molecule has 0 unspecified atom stereocenters. The van der Waals surface area contributed by atoms with Crippen molar-refractivity contribution in [3.63, 3.8) is 0 Å². The number of nitrogens with zero attached hydrogens (tertiary/aromatic N) is 2. The fourth-order valence-electron chi connectivity index (χ4n) is 3.20. The molecule has 0 fully saturated rings. The van der Waals surface area contributed by atoms with Gasteiger partial charge >= 0.3 is 0 Å². The number of hydrogen-bond acceptors (Lipinski definition) is 5. The van der Waals surface area contributed by atoms with Gasteiger partial charge in [0.15, 0.2) is 5.17 Å². The highest BCUT2D eigenvalue weighted by molar-refractivity contribution is 8.14. The number of sulfonamides is 1. The first-order chi connectivity index (χ1) is 13.0. The van der Waals surface area contributed by atoms with Crippen molar-refractivity contribution in [1.82, 2.24) is 9.62 Å². The van der Waals surface area contributed by atoms with Crippen molar-refractivity contribution in [2.45, 2.75) is 17.9 Å². The van der Waals surface area contributed by atoms with Crippen LogP contribution < -0.4 is 5.32 Å². The molecule has 2 heterocycles. The van der Waals surface area contributed by atoms with Crippen LogP contribution in [0.15, 0.2) is 58.4 Å². The molecule has 0 saturated carbocycles. The molecular formula is C19H19N3O3S2. The molecule has 6 nitrogen and oxygen atoms in total. The van der Waals surface area contributed by atoms with E-state index in [0.717, 1.165) is 11.3 Å². The van der Waals surface area contributed by atoms with Gasteiger partial charge in [-0.25, -0.2) is 8.42 Å². The van der Waals surface area contributed by atoms with Crippen molar-refractivity contribution in [2.75, 3.05) is 18.8 Å². The van der Waals surface area contributed by atoms with Crippen LogP contribution in [0.2, 0.25) is 0 Å². The second kappa shape index (κ2) is 7.46. The summed E-state index contributed by atoms with van der Waals surface area (Å²) in [5.74, 6) is 0.504. The van der Waals surface area contributed by atoms with E-state index in [4.69, 9.17) is 0 Å². The predicted octanol–water partition coefficient (Wildman–Crippen LogP) is 2.27. The van der Waals surface area contributed by atoms with Gasteiger partial charge in [-0.1, -0.05) is 42.1 Å². The molecule has 0 radical (unpaired) electrons. The monoisotopic (exact) mass is 401 g/mol. The normalized spacial score (nSPS) is 17.3. The van der Waals surface area contributed by atoms with Crippen molar-refractivity contribution in [2.24, 2.45) is 4.99 Å². The largest absolute Gasteiger partial charge is 0.301 e. The first kappa shape index (κ1) is 18.2. The molecule has 0 bridgehead atoms. The molecule has 0 atom stereocenters. The minimum absolute atomic E-state index is 0.135. The third kappa shape index (κ3) is 3.78. The zero-order valence-electron chi connectivity index (χ0n) is 14.6. The third-order valence-corrected chi connectivity index (χ3v) is 7.37. The zero-order chi connectivity index (χ0) is 18.9. The summed E-state index contributed by atoms with van der Waals surface area (Å²) in [7, 11) is -3.67. The molecule has 4 rings (SSSR count). The van der Waals surface area contributed by atoms with Crippen LogP contribution in [0.4, 0.5) is 0 Å². The summed E-state index contributed by atoms with van der Waals surface area (Å²) in [4.78, 5) is 16.7. The van der Waals surface area contributed by atoms with Gasteiger partial charge in [-0.2, -0.15) is 4.31 Å². The Kier molecular flexibility index (Phi) is 5.03. The van der Waals surface area contributed by atoms with Crippen LogP contribution in [-0.2, 0) is 23.0 Å². The summed E-state index contributed by atoms with van der Waals surface area (Å²) in [6.45, 7) is 1.47. The molecule has 140 valence electrons. The number of nitrogens with one attached hydrogen (secondary N) is 1. The summed E-state index contributed by atoms with van der Waals surface area (Å²) in [5, 5.41) is 3.32. The average Bonchev–Trinajstić information content (AvgIpc) is 3.20. The summed E-state index contributed by atoms with van der Waals surface area (Å²) in [6.07, 6.45) is 0.687. The molecule has 1 N–H and O–H groups in total. The molecule has 2 aromatic rings. The average molecular weight is 402 g/mol. The number of carbonyl (C=O) groups is 1. The van der Waals surface area contributed by atoms with Gasteiger partial charge in [0.2, 0.25) is 10.0 Å². The van der Waals surface area contributed by atoms with E-state index < -0.39 is 10.0 Å². The first-order valence-corrected chi connectivity index (χ1v) is 11.1. The Hall–Kier alpha value is -2.16. The molecule has 2 aliphatic rings. The van der Waals surface area contributed by atoms with Crippen LogP contribution in [0.5, 0.6) is 0 Å². The Labute approximate surface area is 162 Å². The zero-order valence-corrected chi connectivity index (χ0v) is 16.2. The number of rotatable bonds is 3. The Bertz CT molecular complexity index is 1020. The van der Waals surface area contributed by atoms with Crippen molar-refractivity contribution in [3.05, 3.63) is 65.2 Å². The van der Waals surface area contributed by atoms with Crippen molar-refractivity contribution < 1.29 is 13.2 Å². The molecule has 0 saturated heterocycles. The van der Waals surface area contributed by atoms with E-state index in [2.05, 4.69) is 10.3 Å². The van der Waals surface area contributed by atoms with Gasteiger partial charge in [-0.15, -0.1) is 0 Å². The molecule has 8 heteroatoms. The minimum Gasteiger partial charge on any atom is -0.301 e. The smallest absolute Gasteiger partial charge is 0.257 e. The highest BCUT2D eigenvalue weighted by Gasteiger charge is 2.28. The molecule has 27 heavy (non-hydrogen) atoms. The lowest BCUT2D eigenvalue weighted by atomic mass is 10.0. The standard InChI is InChI=1S/C19H19N3O3S2/c23-18(21-19-20-9-11-26-19)15-6-3-7-17(12-15)27(24,25)22-10-8-14-4-1-2-5-16(14)13-22/h1-7,12H,8-11,13H2,(H,20,21,23). The number of amidine groups is 1. The first-order valence-electron chi connectivity index (χ1n) is 8.70. The topological polar surface area (TPSA) is 78.8 Å². The van der Waals surface area contributed by atoms with Gasteiger partial charge in [-0.05, 0) is 35.7 Å². The molecule has 1 amide bonds. The quantitative estimate of drug-likeness (QED) is 0.856. The van der Waals surface area contributed by atoms with E-state index in [9.17, 15) is 13.2 Å². The minimum atomic E-state index is -3.67. The fraction of sp³-hybridized carbons (Fsp3) is 0.263. The number of thioether (sulfide) groups is 1. The number of hydrogen-bond donors (Lipinski definition) is 1. The van der Waals surface area contributed by atoms with Crippen LogP contribution >= 0.6 is 11.8 Å². The molecule has 2 aromatic carbocycles. The number of benzene rings is 2. The predicted molar refractivity (Wildman–Crippen MR) is 106 cm³/mol. The SMILES string of the molecule is O=C(NC1=NCCS1)c1cccc(S(=O)(=O)N2CCc3ccccc3C2)c1. The van der Waals surface area contributed by atoms with Gasteiger partial charge < -0.3 is 5.32 Å². The second-order valence-electron chi connectivity index (χ2n) is 6.37. The van der Waals surface area contributed by atoms with Gasteiger partial charge in [-0.3, -0.25) is 9.79 Å². The number of amides is 1. The molecule has 0 aromatic heterocycles. The van der Waals surface area contributed by atoms with Gasteiger partial charge in [0.25, 0.3) is 5.91 Å². The van der Waals surface area contributed by atoms with E-state index in [1.807, 2.05) is 24.3 Å². The Morgan fingerprint density at radius 2 is 1.93 bits per heavy atom. The van der Waals surface area contributed by atoms with Crippen molar-refractivity contribution >= 4 is 32.9 Å². The Morgan fingerprint density at radius 1 is 1.11 bits per heavy atom. The molecular weight excluding hydrogens is 382 g/mol. The maximum atomic E-state index is 13.1. The lowest BCUT2D eigenvalue weighted by Crippen LogP contribution is -2.36. The molecule has 0 spiro atoms. The Morgan fingerprint density at radius 3 is 2.70 bits per heavy atom. The van der Waals surface area contributed by atoms with Crippen molar-refractivity contribution in [3.8, 4) is 0 Å². The van der Waals surface area contributed by atoms with E-state index in [0.29, 0.717) is 36.8 Å². The summed E-state index contributed by atoms with van der Waals surface area (Å²) < 4.78 is 27.6. The molecule has 2 aliphatic heterocycles. The number of carbonyl (C=O) groups excluding carboxylic acids is 1. The van der Waals surface area contributed by atoms with Crippen LogP contribution in [0.1, 0.15) is 21.5 Å². The lowest BCUT2D eigenvalue weighted by Gasteiger charge is -2.28. The lowest BCUT2D eigenvalue weighted by molar-refractivity contribution is 0.0977. The highest BCUT2D eigenvalue weighted by atomic mass is 32.2. The maximum Gasteiger partial charge on any atom is 0.257 e. The van der Waals surface area contributed by atoms with E-state index >= 15 is 0 Å². The molecule has 0 aliphatic carbocycles. The van der Waals surface area contributed by atoms with Gasteiger partial charge in [0.05, 0.1) is 11.4 Å². The van der Waals surface area contributed by atoms with E-state index in [-0.39, 0.29) is 10.8 Å². The van der Waals surface area contributed by atoms with Gasteiger partial charge in [0.1, 0.15) is 0 Å². The number of aliphatic imine (C=N–C) groups is 1. The highest BCUT2D eigenvalue weighted by Crippen LogP contribution is 2.25. The van der Waals surface area contributed by atoms with Gasteiger partial charge in [0, 0.05) is 24.4 Å². The van der Waals surface area contributed by atoms with Crippen LogP contribution in [-0.4, -0.2) is 42.6 Å². The maximum absolute atomic E-state index is 13.1. The van der Waals surface area contributed by atoms with Crippen LogP contribution in [0.3, 0.4) is 0 Å². The fourth-order valence-corrected chi connectivity index (χ4v) is 5.39. The van der Waals surface area contributed by atoms with Crippen molar-refractivity contribution in [1.29, 1.82) is 0 Å². The summed E-state index contributed by atoms with van der Waals surface area (Å²) in [5.41, 5.74) is 2.52. The Balaban J connectivity index is 1.56. The van der Waals surface area contributed by atoms with E-state index in [1.165, 1.54) is 33.8 Å². The van der Waals surface area contributed by atoms with Crippen LogP contribution in [0.25, 0.3) is 0 Å².